The Hall–Kier alpha value is -1.32. The topological polar surface area (TPSA) is 44.1 Å². The number of rotatable bonds is 3. The second-order valence-electron chi connectivity index (χ2n) is 3.42. The molecule has 1 aliphatic rings. The van der Waals surface area contributed by atoms with Gasteiger partial charge in [0.2, 0.25) is 0 Å². The number of aromatic nitrogens is 2. The van der Waals surface area contributed by atoms with E-state index in [2.05, 4.69) is 9.72 Å². The molecule has 0 aromatic carbocycles. The minimum absolute atomic E-state index is 0.169. The van der Waals surface area contributed by atoms with Gasteiger partial charge in [-0.1, -0.05) is 6.85 Å². The van der Waals surface area contributed by atoms with Gasteiger partial charge >= 0.3 is 5.97 Å². The van der Waals surface area contributed by atoms with Crippen LogP contribution in [0.1, 0.15) is 29.9 Å². The van der Waals surface area contributed by atoms with Crippen molar-refractivity contribution in [2.75, 3.05) is 6.56 Å². The molecule has 1 aromatic rings. The second-order valence-corrected chi connectivity index (χ2v) is 3.42. The fraction of sp³-hybridized carbons (Fsp3) is 0.636. The van der Waals surface area contributed by atoms with Crippen LogP contribution in [0.4, 0.5) is 0 Å². The highest BCUT2D eigenvalue weighted by Gasteiger charge is 2.35. The highest BCUT2D eigenvalue weighted by Crippen LogP contribution is 2.27. The van der Waals surface area contributed by atoms with Gasteiger partial charge in [0, 0.05) is 33.0 Å². The van der Waals surface area contributed by atoms with Crippen molar-refractivity contribution in [1.82, 2.24) is 9.55 Å². The highest BCUT2D eigenvalue weighted by molar-refractivity contribution is 5.74. The van der Waals surface area contributed by atoms with Gasteiger partial charge in [0.05, 0.1) is 21.5 Å². The average molecular weight is 216 g/mol. The first-order valence-electron chi connectivity index (χ1n) is 8.56. The molecule has 0 radical (unpaired) electrons. The monoisotopic (exact) mass is 216 g/mol. The number of aryl methyl sites for hydroxylation is 1. The number of esters is 1. The van der Waals surface area contributed by atoms with Crippen LogP contribution in [-0.4, -0.2) is 22.1 Å². The summed E-state index contributed by atoms with van der Waals surface area (Å²) in [4.78, 5) is 15.6. The van der Waals surface area contributed by atoms with Gasteiger partial charge in [0.25, 0.3) is 0 Å². The SMILES string of the molecule is [2H]C([2H])([2H])C[C@@H]1C(=O)OC([2H])([2H])[C@@H]1Cc1cncn1C([2H])([2H])[2H]. The van der Waals surface area contributed by atoms with Crippen molar-refractivity contribution in [3.63, 3.8) is 0 Å². The van der Waals surface area contributed by atoms with E-state index in [1.807, 2.05) is 0 Å². The van der Waals surface area contributed by atoms with Gasteiger partial charge in [-0.15, -0.1) is 0 Å². The zero-order valence-electron chi connectivity index (χ0n) is 15.9. The minimum Gasteiger partial charge on any atom is -0.465 e. The predicted octanol–water partition coefficient (Wildman–Crippen LogP) is 1.16. The molecule has 0 unspecified atom stereocenters. The second kappa shape index (κ2) is 4.04. The van der Waals surface area contributed by atoms with E-state index in [0.29, 0.717) is 0 Å². The summed E-state index contributed by atoms with van der Waals surface area (Å²) in [5.41, 5.74) is 0.188. The van der Waals surface area contributed by atoms with Gasteiger partial charge in [-0.3, -0.25) is 4.79 Å². The number of carbonyl (C=O) groups is 1. The number of hydrogen-bond donors (Lipinski definition) is 0. The van der Waals surface area contributed by atoms with Crippen molar-refractivity contribution in [1.29, 1.82) is 0 Å². The summed E-state index contributed by atoms with van der Waals surface area (Å²) in [6.45, 7) is -7.29. The maximum atomic E-state index is 11.8. The molecule has 4 nitrogen and oxygen atoms in total. The Morgan fingerprint density at radius 3 is 3.60 bits per heavy atom. The number of imidazole rings is 1. The van der Waals surface area contributed by atoms with Crippen molar-refractivity contribution in [3.05, 3.63) is 18.2 Å². The average Bonchev–Trinajstić information content (AvgIpc) is 2.85. The van der Waals surface area contributed by atoms with Crippen LogP contribution in [0.5, 0.6) is 0 Å². The highest BCUT2D eigenvalue weighted by atomic mass is 16.5. The first-order valence-corrected chi connectivity index (χ1v) is 4.56. The standard InChI is InChI=1S/C11H16N2O2/c1-3-10-8(6-15-11(10)14)4-9-5-12-7-13(9)2/h5,7-8,10H,3-4,6H2,1-2H3/t8-,10-/m0/s1/i1D3,2D3,6D2. The third kappa shape index (κ3) is 1.89. The summed E-state index contributed by atoms with van der Waals surface area (Å²) in [6.07, 6.45) is 1.65. The van der Waals surface area contributed by atoms with Crippen molar-refractivity contribution < 1.29 is 20.5 Å². The Morgan fingerprint density at radius 1 is 1.87 bits per heavy atom. The van der Waals surface area contributed by atoms with Gasteiger partial charge in [-0.25, -0.2) is 4.98 Å². The molecule has 0 bridgehead atoms. The Kier molecular flexibility index (Phi) is 1.15. The van der Waals surface area contributed by atoms with Crippen LogP contribution < -0.4 is 0 Å². The van der Waals surface area contributed by atoms with Crippen molar-refractivity contribution in [3.8, 4) is 0 Å². The summed E-state index contributed by atoms with van der Waals surface area (Å²) in [5.74, 6) is -3.19. The van der Waals surface area contributed by atoms with E-state index >= 15 is 0 Å². The zero-order valence-corrected chi connectivity index (χ0v) is 7.93. The Labute approximate surface area is 100 Å². The Morgan fingerprint density at radius 2 is 2.80 bits per heavy atom. The van der Waals surface area contributed by atoms with Crippen LogP contribution in [0.2, 0.25) is 0 Å². The molecule has 0 spiro atoms. The maximum absolute atomic E-state index is 11.8. The molecule has 1 aromatic heterocycles. The first kappa shape index (κ1) is 4.28. The molecule has 82 valence electrons. The number of nitrogens with zero attached hydrogens (tertiary/aromatic N) is 2. The Bertz CT molecular complexity index is 592. The summed E-state index contributed by atoms with van der Waals surface area (Å²) in [5, 5.41) is 0. The van der Waals surface area contributed by atoms with Crippen LogP contribution in [-0.2, 0) is 22.9 Å². The molecule has 1 saturated heterocycles. The molecule has 0 N–H and O–H groups in total. The summed E-state index contributed by atoms with van der Waals surface area (Å²) < 4.78 is 65.3. The lowest BCUT2D eigenvalue weighted by Crippen LogP contribution is -2.18. The summed E-state index contributed by atoms with van der Waals surface area (Å²) in [7, 11) is 0. The van der Waals surface area contributed by atoms with Crippen LogP contribution in [0.15, 0.2) is 12.5 Å². The van der Waals surface area contributed by atoms with E-state index in [9.17, 15) is 4.79 Å². The number of hydrogen-bond acceptors (Lipinski definition) is 3. The molecular formula is C11H16N2O2. The van der Waals surface area contributed by atoms with Crippen LogP contribution in [0, 0.1) is 11.8 Å². The normalized spacial score (nSPS) is 38.5. The van der Waals surface area contributed by atoms with E-state index in [1.54, 1.807) is 0 Å². The lowest BCUT2D eigenvalue weighted by molar-refractivity contribution is -0.141. The molecule has 0 amide bonds. The van der Waals surface area contributed by atoms with Gasteiger partial charge in [-0.2, -0.15) is 0 Å². The molecule has 15 heavy (non-hydrogen) atoms. The molecule has 0 aliphatic carbocycles. The molecule has 2 atom stereocenters. The molecular weight excluding hydrogens is 192 g/mol. The summed E-state index contributed by atoms with van der Waals surface area (Å²) >= 11 is 0. The van der Waals surface area contributed by atoms with E-state index in [-0.39, 0.29) is 12.1 Å². The minimum atomic E-state index is -2.50. The Balaban J connectivity index is 2.31. The summed E-state index contributed by atoms with van der Waals surface area (Å²) in [6, 6.07) is 0. The van der Waals surface area contributed by atoms with Gasteiger partial charge < -0.3 is 9.30 Å². The third-order valence-corrected chi connectivity index (χ3v) is 2.46. The predicted molar refractivity (Wildman–Crippen MR) is 55.1 cm³/mol. The molecule has 1 fully saturated rings. The number of ether oxygens (including phenoxy) is 1. The zero-order chi connectivity index (χ0) is 17.6. The van der Waals surface area contributed by atoms with Crippen LogP contribution in [0.25, 0.3) is 0 Å². The molecule has 2 rings (SSSR count). The lowest BCUT2D eigenvalue weighted by atomic mass is 9.89. The fourth-order valence-corrected chi connectivity index (χ4v) is 1.56. The molecule has 0 saturated carbocycles. The van der Waals surface area contributed by atoms with E-state index in [4.69, 9.17) is 11.0 Å². The largest absolute Gasteiger partial charge is 0.465 e. The van der Waals surface area contributed by atoms with E-state index in [1.165, 1.54) is 6.20 Å². The van der Waals surface area contributed by atoms with E-state index < -0.39 is 44.6 Å². The molecule has 4 heteroatoms. The van der Waals surface area contributed by atoms with E-state index in [0.717, 1.165) is 10.9 Å². The smallest absolute Gasteiger partial charge is 0.309 e. The van der Waals surface area contributed by atoms with Crippen molar-refractivity contribution >= 4 is 5.97 Å². The fourth-order valence-electron chi connectivity index (χ4n) is 1.56. The third-order valence-electron chi connectivity index (χ3n) is 2.46. The van der Waals surface area contributed by atoms with Crippen molar-refractivity contribution in [2.45, 2.75) is 19.7 Å². The van der Waals surface area contributed by atoms with Gasteiger partial charge in [0.1, 0.15) is 0 Å². The maximum Gasteiger partial charge on any atom is 0.309 e. The van der Waals surface area contributed by atoms with Crippen LogP contribution >= 0.6 is 0 Å². The van der Waals surface area contributed by atoms with Gasteiger partial charge in [-0.05, 0) is 12.8 Å². The number of carbonyl (C=O) groups excluding carboxylic acids is 1. The molecule has 1 aliphatic heterocycles. The van der Waals surface area contributed by atoms with Crippen LogP contribution in [0.3, 0.4) is 0 Å². The van der Waals surface area contributed by atoms with Gasteiger partial charge in [0.15, 0.2) is 0 Å². The number of cyclic esters (lactones) is 1. The first-order chi connectivity index (χ1) is 10.3. The molecule has 2 heterocycles. The van der Waals surface area contributed by atoms with Crippen molar-refractivity contribution in [2.24, 2.45) is 18.8 Å². The lowest BCUT2D eigenvalue weighted by Gasteiger charge is -2.12. The quantitative estimate of drug-likeness (QED) is 0.712.